The summed E-state index contributed by atoms with van der Waals surface area (Å²) in [5.74, 6) is 0.409. The van der Waals surface area contributed by atoms with Crippen molar-refractivity contribution in [3.05, 3.63) is 54.6 Å². The van der Waals surface area contributed by atoms with E-state index in [1.165, 1.54) is 5.39 Å². The van der Waals surface area contributed by atoms with Crippen LogP contribution in [0.25, 0.3) is 10.8 Å². The first-order chi connectivity index (χ1) is 10.8. The highest BCUT2D eigenvalue weighted by Gasteiger charge is 2.25. The van der Waals surface area contributed by atoms with Crippen molar-refractivity contribution in [2.45, 2.75) is 18.9 Å². The molecule has 1 saturated heterocycles. The number of nitrogens with one attached hydrogen (secondary N) is 1. The van der Waals surface area contributed by atoms with Gasteiger partial charge in [-0.15, -0.1) is 31.4 Å². The van der Waals surface area contributed by atoms with Crippen molar-refractivity contribution >= 4 is 35.6 Å². The van der Waals surface area contributed by atoms with Crippen molar-refractivity contribution in [1.29, 1.82) is 0 Å². The van der Waals surface area contributed by atoms with Crippen molar-refractivity contribution in [3.8, 4) is 5.75 Å². The maximum absolute atomic E-state index is 10.5. The maximum atomic E-state index is 10.5. The molecule has 1 heterocycles. The van der Waals surface area contributed by atoms with Gasteiger partial charge in [-0.1, -0.05) is 36.4 Å². The second-order valence-electron chi connectivity index (χ2n) is 5.89. The zero-order valence-corrected chi connectivity index (χ0v) is 15.4. The average molecular weight is 369 g/mol. The normalized spacial score (nSPS) is 16.0. The van der Waals surface area contributed by atoms with Crippen molar-refractivity contribution in [2.24, 2.45) is 0 Å². The summed E-state index contributed by atoms with van der Waals surface area (Å²) < 4.78 is 0. The number of piperazine rings is 1. The molecule has 0 spiro atoms. The molecule has 0 aromatic heterocycles. The van der Waals surface area contributed by atoms with Gasteiger partial charge in [0.05, 0.1) is 0 Å². The van der Waals surface area contributed by atoms with E-state index in [2.05, 4.69) is 28.9 Å². The Morgan fingerprint density at radius 1 is 1.12 bits per heavy atom. The summed E-state index contributed by atoms with van der Waals surface area (Å²) in [7, 11) is 0. The number of hydrogen-bond donors (Lipinski definition) is 2. The van der Waals surface area contributed by atoms with Crippen molar-refractivity contribution in [2.75, 3.05) is 26.2 Å². The number of hydrogen-bond acceptors (Lipinski definition) is 3. The fourth-order valence-electron chi connectivity index (χ4n) is 3.41. The van der Waals surface area contributed by atoms with E-state index in [4.69, 9.17) is 0 Å². The van der Waals surface area contributed by atoms with Gasteiger partial charge in [-0.25, -0.2) is 0 Å². The number of rotatable bonds is 5. The molecule has 1 aliphatic rings. The van der Waals surface area contributed by atoms with Crippen LogP contribution in [0, 0.1) is 0 Å². The number of aromatic hydroxyl groups is 1. The second kappa shape index (κ2) is 9.90. The lowest BCUT2D eigenvalue weighted by molar-refractivity contribution is 0.165. The quantitative estimate of drug-likeness (QED) is 0.772. The summed E-state index contributed by atoms with van der Waals surface area (Å²) in [6, 6.07) is 12.4. The predicted octanol–water partition coefficient (Wildman–Crippen LogP) is 4.30. The van der Waals surface area contributed by atoms with Crippen LogP contribution in [-0.2, 0) is 0 Å². The molecule has 0 aliphatic carbocycles. The Morgan fingerprint density at radius 2 is 1.83 bits per heavy atom. The third kappa shape index (κ3) is 4.42. The highest BCUT2D eigenvalue weighted by Crippen LogP contribution is 2.37. The second-order valence-corrected chi connectivity index (χ2v) is 5.89. The molecule has 3 rings (SSSR count). The molecule has 1 fully saturated rings. The molecule has 24 heavy (non-hydrogen) atoms. The zero-order chi connectivity index (χ0) is 15.4. The summed E-state index contributed by atoms with van der Waals surface area (Å²) in [5.41, 5.74) is 1.07. The van der Waals surface area contributed by atoms with Crippen LogP contribution in [0.3, 0.4) is 0 Å². The van der Waals surface area contributed by atoms with Crippen LogP contribution >= 0.6 is 24.8 Å². The molecule has 0 radical (unpaired) electrons. The Balaban J connectivity index is 0.00000144. The maximum Gasteiger partial charge on any atom is 0.121 e. The first-order valence-electron chi connectivity index (χ1n) is 8.07. The molecule has 2 N–H and O–H groups in total. The van der Waals surface area contributed by atoms with Gasteiger partial charge in [0.2, 0.25) is 0 Å². The molecular weight excluding hydrogens is 343 g/mol. The van der Waals surface area contributed by atoms with E-state index in [1.54, 1.807) is 0 Å². The number of benzene rings is 2. The summed E-state index contributed by atoms with van der Waals surface area (Å²) in [6.07, 6.45) is 3.92. The van der Waals surface area contributed by atoms with Crippen molar-refractivity contribution < 1.29 is 5.11 Å². The monoisotopic (exact) mass is 368 g/mol. The molecule has 0 saturated carbocycles. The molecule has 1 atom stereocenters. The summed E-state index contributed by atoms with van der Waals surface area (Å²) in [5, 5.41) is 16.3. The van der Waals surface area contributed by atoms with Gasteiger partial charge in [-0.05, 0) is 29.7 Å². The zero-order valence-electron chi connectivity index (χ0n) is 13.8. The van der Waals surface area contributed by atoms with Crippen LogP contribution in [-0.4, -0.2) is 36.2 Å². The fourth-order valence-corrected chi connectivity index (χ4v) is 3.41. The summed E-state index contributed by atoms with van der Waals surface area (Å²) in [6.45, 7) is 7.92. The summed E-state index contributed by atoms with van der Waals surface area (Å²) in [4.78, 5) is 2.49. The number of allylic oxidation sites excluding steroid dienone is 1. The van der Waals surface area contributed by atoms with Crippen LogP contribution < -0.4 is 5.32 Å². The predicted molar refractivity (Wildman–Crippen MR) is 107 cm³/mol. The van der Waals surface area contributed by atoms with Gasteiger partial charge in [0.25, 0.3) is 0 Å². The Bertz CT molecular complexity index is 657. The number of nitrogens with zero attached hydrogens (tertiary/aromatic N) is 1. The largest absolute Gasteiger partial charge is 0.508 e. The molecule has 0 amide bonds. The first kappa shape index (κ1) is 20.8. The molecule has 2 aromatic rings. The highest BCUT2D eigenvalue weighted by molar-refractivity contribution is 5.88. The first-order valence-corrected chi connectivity index (χ1v) is 8.07. The topological polar surface area (TPSA) is 35.5 Å². The van der Waals surface area contributed by atoms with Gasteiger partial charge < -0.3 is 10.4 Å². The minimum Gasteiger partial charge on any atom is -0.508 e. The molecule has 2 aromatic carbocycles. The molecular formula is C19H26Cl2N2O. The van der Waals surface area contributed by atoms with E-state index >= 15 is 0 Å². The SMILES string of the molecule is C=CCC[C@@H](c1c(O)ccc2ccccc12)N1CCNCC1.Cl.Cl. The average Bonchev–Trinajstić information content (AvgIpc) is 2.58. The number of fused-ring (bicyclic) bond motifs is 1. The van der Waals surface area contributed by atoms with Crippen molar-refractivity contribution in [3.63, 3.8) is 0 Å². The molecule has 1 aliphatic heterocycles. The third-order valence-electron chi connectivity index (χ3n) is 4.52. The lowest BCUT2D eigenvalue weighted by atomic mass is 9.93. The van der Waals surface area contributed by atoms with E-state index in [0.29, 0.717) is 5.75 Å². The Morgan fingerprint density at radius 3 is 2.54 bits per heavy atom. The highest BCUT2D eigenvalue weighted by atomic mass is 35.5. The van der Waals surface area contributed by atoms with E-state index < -0.39 is 0 Å². The van der Waals surface area contributed by atoms with Gasteiger partial charge in [0.1, 0.15) is 5.75 Å². The van der Waals surface area contributed by atoms with E-state index in [-0.39, 0.29) is 30.9 Å². The van der Waals surface area contributed by atoms with Crippen LogP contribution in [0.1, 0.15) is 24.4 Å². The fraction of sp³-hybridized carbons (Fsp3) is 0.368. The molecule has 3 nitrogen and oxygen atoms in total. The van der Waals surface area contributed by atoms with E-state index in [9.17, 15) is 5.11 Å². The Kier molecular flexibility index (Phi) is 8.57. The molecule has 0 bridgehead atoms. The van der Waals surface area contributed by atoms with Crippen LogP contribution in [0.4, 0.5) is 0 Å². The molecule has 132 valence electrons. The van der Waals surface area contributed by atoms with Crippen molar-refractivity contribution in [1.82, 2.24) is 10.2 Å². The van der Waals surface area contributed by atoms with E-state index in [0.717, 1.165) is 50.0 Å². The standard InChI is InChI=1S/C19H24N2O.2ClH/c1-2-3-8-17(21-13-11-20-12-14-21)19-16-7-5-4-6-15(16)9-10-18(19)22;;/h2,4-7,9-10,17,20,22H,1,3,8,11-14H2;2*1H/t17-;;/m0../s1. The minimum absolute atomic E-state index is 0. The van der Waals surface area contributed by atoms with E-state index in [1.807, 2.05) is 30.3 Å². The van der Waals surface area contributed by atoms with Gasteiger partial charge in [0, 0.05) is 37.8 Å². The lowest BCUT2D eigenvalue weighted by Crippen LogP contribution is -2.45. The van der Waals surface area contributed by atoms with Crippen LogP contribution in [0.2, 0.25) is 0 Å². The third-order valence-corrected chi connectivity index (χ3v) is 4.52. The molecule has 0 unspecified atom stereocenters. The van der Waals surface area contributed by atoms with Gasteiger partial charge in [-0.2, -0.15) is 0 Å². The van der Waals surface area contributed by atoms with Gasteiger partial charge in [-0.3, -0.25) is 4.90 Å². The number of phenols is 1. The summed E-state index contributed by atoms with van der Waals surface area (Å²) >= 11 is 0. The number of halogens is 2. The Hall–Kier alpha value is -1.26. The smallest absolute Gasteiger partial charge is 0.121 e. The Labute approximate surface area is 156 Å². The van der Waals surface area contributed by atoms with Gasteiger partial charge in [0.15, 0.2) is 0 Å². The van der Waals surface area contributed by atoms with Crippen LogP contribution in [0.15, 0.2) is 49.1 Å². The number of phenolic OH excluding ortho intramolecular Hbond substituents is 1. The lowest BCUT2D eigenvalue weighted by Gasteiger charge is -2.36. The molecule has 5 heteroatoms. The van der Waals surface area contributed by atoms with Crippen LogP contribution in [0.5, 0.6) is 5.75 Å². The minimum atomic E-state index is 0. The van der Waals surface area contributed by atoms with Gasteiger partial charge >= 0.3 is 0 Å².